The molecule has 1 aliphatic heterocycles. The minimum absolute atomic E-state index is 0.0461. The number of nitrogens with zero attached hydrogens (tertiary/aromatic N) is 2. The van der Waals surface area contributed by atoms with Crippen molar-refractivity contribution in [3.05, 3.63) is 35.9 Å². The molecule has 1 aromatic carbocycles. The molecule has 1 fully saturated rings. The van der Waals surface area contributed by atoms with Crippen LogP contribution in [0.3, 0.4) is 0 Å². The molecule has 1 aromatic rings. The van der Waals surface area contributed by atoms with Gasteiger partial charge < -0.3 is 11.1 Å². The third-order valence-electron chi connectivity index (χ3n) is 4.04. The number of nitrogens with one attached hydrogen (secondary N) is 1. The highest BCUT2D eigenvalue weighted by atomic mass is 16.2. The number of likely N-dealkylation sites (tertiary alicyclic amines) is 1. The van der Waals surface area contributed by atoms with Gasteiger partial charge in [-0.25, -0.2) is 0 Å². The number of hydrogen-bond acceptors (Lipinski definition) is 4. The summed E-state index contributed by atoms with van der Waals surface area (Å²) in [5.74, 6) is -0.468. The van der Waals surface area contributed by atoms with E-state index in [-0.39, 0.29) is 25.0 Å². The molecule has 1 aliphatic rings. The third kappa shape index (κ3) is 6.38. The topological polar surface area (TPSA) is 78.7 Å². The van der Waals surface area contributed by atoms with Crippen molar-refractivity contribution in [1.29, 1.82) is 0 Å². The second-order valence-electron chi connectivity index (χ2n) is 6.24. The van der Waals surface area contributed by atoms with Gasteiger partial charge in [0.2, 0.25) is 11.8 Å². The van der Waals surface area contributed by atoms with Crippen LogP contribution in [0.25, 0.3) is 0 Å². The van der Waals surface area contributed by atoms with E-state index in [4.69, 9.17) is 5.73 Å². The zero-order chi connectivity index (χ0) is 16.7. The summed E-state index contributed by atoms with van der Waals surface area (Å²) >= 11 is 0. The Morgan fingerprint density at radius 3 is 2.48 bits per heavy atom. The van der Waals surface area contributed by atoms with E-state index in [9.17, 15) is 9.59 Å². The summed E-state index contributed by atoms with van der Waals surface area (Å²) in [7, 11) is 1.72. The smallest absolute Gasteiger partial charge is 0.234 e. The fourth-order valence-corrected chi connectivity index (χ4v) is 2.92. The number of carbonyl (C=O) groups is 2. The summed E-state index contributed by atoms with van der Waals surface area (Å²) in [6.45, 7) is 3.23. The minimum Gasteiger partial charge on any atom is -0.369 e. The van der Waals surface area contributed by atoms with Gasteiger partial charge in [0.05, 0.1) is 13.1 Å². The van der Waals surface area contributed by atoms with Gasteiger partial charge in [-0.05, 0) is 25.5 Å². The van der Waals surface area contributed by atoms with Gasteiger partial charge in [-0.1, -0.05) is 30.3 Å². The molecule has 0 atom stereocenters. The van der Waals surface area contributed by atoms with Crippen LogP contribution in [0.5, 0.6) is 0 Å². The Kier molecular flexibility index (Phi) is 6.55. The van der Waals surface area contributed by atoms with E-state index >= 15 is 0 Å². The summed E-state index contributed by atoms with van der Waals surface area (Å²) in [5.41, 5.74) is 6.44. The molecule has 1 heterocycles. The second-order valence-corrected chi connectivity index (χ2v) is 6.24. The van der Waals surface area contributed by atoms with E-state index in [0.29, 0.717) is 0 Å². The molecule has 0 unspecified atom stereocenters. The van der Waals surface area contributed by atoms with Gasteiger partial charge >= 0.3 is 0 Å². The molecule has 0 aliphatic carbocycles. The molecule has 1 saturated heterocycles. The Hall–Kier alpha value is -1.92. The average Bonchev–Trinajstić information content (AvgIpc) is 2.49. The van der Waals surface area contributed by atoms with Crippen molar-refractivity contribution in [2.75, 3.05) is 33.2 Å². The monoisotopic (exact) mass is 318 g/mol. The number of primary amides is 1. The van der Waals surface area contributed by atoms with Gasteiger partial charge in [0.25, 0.3) is 0 Å². The number of benzene rings is 1. The summed E-state index contributed by atoms with van der Waals surface area (Å²) in [4.78, 5) is 26.8. The predicted molar refractivity (Wildman–Crippen MR) is 89.6 cm³/mol. The summed E-state index contributed by atoms with van der Waals surface area (Å²) in [6, 6.07) is 10.7. The van der Waals surface area contributed by atoms with Crippen LogP contribution >= 0.6 is 0 Å². The molecular weight excluding hydrogens is 292 g/mol. The highest BCUT2D eigenvalue weighted by molar-refractivity contribution is 5.80. The zero-order valence-electron chi connectivity index (χ0n) is 13.7. The quantitative estimate of drug-likeness (QED) is 0.752. The van der Waals surface area contributed by atoms with Crippen LogP contribution < -0.4 is 11.1 Å². The number of hydrogen-bond donors (Lipinski definition) is 2. The molecular formula is C17H26N4O2. The van der Waals surface area contributed by atoms with Gasteiger partial charge in [-0.2, -0.15) is 0 Å². The lowest BCUT2D eigenvalue weighted by atomic mass is 10.0. The molecule has 2 amide bonds. The maximum absolute atomic E-state index is 12.0. The number of carbonyl (C=O) groups excluding carboxylic acids is 2. The fraction of sp³-hybridized carbons (Fsp3) is 0.529. The average molecular weight is 318 g/mol. The van der Waals surface area contributed by atoms with Gasteiger partial charge in [0, 0.05) is 25.7 Å². The molecule has 23 heavy (non-hydrogen) atoms. The third-order valence-corrected chi connectivity index (χ3v) is 4.04. The van der Waals surface area contributed by atoms with Crippen molar-refractivity contribution >= 4 is 11.8 Å². The highest BCUT2D eigenvalue weighted by Gasteiger charge is 2.21. The van der Waals surface area contributed by atoms with Crippen LogP contribution in [0.1, 0.15) is 18.4 Å². The van der Waals surface area contributed by atoms with Crippen molar-refractivity contribution in [3.63, 3.8) is 0 Å². The van der Waals surface area contributed by atoms with Crippen molar-refractivity contribution < 1.29 is 9.59 Å². The lowest BCUT2D eigenvalue weighted by Crippen LogP contribution is -2.47. The van der Waals surface area contributed by atoms with Crippen LogP contribution in [0.4, 0.5) is 0 Å². The zero-order valence-corrected chi connectivity index (χ0v) is 13.7. The first-order chi connectivity index (χ1) is 11.0. The van der Waals surface area contributed by atoms with E-state index in [0.717, 1.165) is 32.5 Å². The maximum Gasteiger partial charge on any atom is 0.234 e. The Balaban J connectivity index is 1.68. The van der Waals surface area contributed by atoms with Gasteiger partial charge in [-0.15, -0.1) is 0 Å². The molecule has 0 radical (unpaired) electrons. The van der Waals surface area contributed by atoms with Crippen LogP contribution in [-0.4, -0.2) is 60.9 Å². The van der Waals surface area contributed by atoms with Crippen LogP contribution in [-0.2, 0) is 16.1 Å². The standard InChI is InChI=1S/C17H26N4O2/c1-20(12-16(18)22)13-17(23)19-15-7-9-21(10-8-15)11-14-5-3-2-4-6-14/h2-6,15H,7-13H2,1H3,(H2,18,22)(H,19,23). The van der Waals surface area contributed by atoms with Crippen LogP contribution in [0, 0.1) is 0 Å². The molecule has 6 nitrogen and oxygen atoms in total. The first kappa shape index (κ1) is 17.4. The largest absolute Gasteiger partial charge is 0.369 e. The van der Waals surface area contributed by atoms with E-state index in [1.54, 1.807) is 11.9 Å². The van der Waals surface area contributed by atoms with E-state index in [1.165, 1.54) is 5.56 Å². The highest BCUT2D eigenvalue weighted by Crippen LogP contribution is 2.13. The van der Waals surface area contributed by atoms with Crippen molar-refractivity contribution in [1.82, 2.24) is 15.1 Å². The first-order valence-electron chi connectivity index (χ1n) is 8.05. The Morgan fingerprint density at radius 2 is 1.87 bits per heavy atom. The molecule has 3 N–H and O–H groups in total. The summed E-state index contributed by atoms with van der Waals surface area (Å²) in [6.07, 6.45) is 1.91. The van der Waals surface area contributed by atoms with E-state index < -0.39 is 5.91 Å². The number of likely N-dealkylation sites (N-methyl/N-ethyl adjacent to an activating group) is 1. The fourth-order valence-electron chi connectivity index (χ4n) is 2.92. The Bertz CT molecular complexity index is 513. The summed E-state index contributed by atoms with van der Waals surface area (Å²) in [5, 5.41) is 3.05. The second kappa shape index (κ2) is 8.64. The van der Waals surface area contributed by atoms with Gasteiger partial charge in [0.1, 0.15) is 0 Å². The van der Waals surface area contributed by atoms with Gasteiger partial charge in [0.15, 0.2) is 0 Å². The predicted octanol–water partition coefficient (Wildman–Crippen LogP) is 0.184. The molecule has 0 bridgehead atoms. The molecule has 126 valence electrons. The number of rotatable bonds is 7. The number of nitrogens with two attached hydrogens (primary N) is 1. The molecule has 2 rings (SSSR count). The molecule has 0 aromatic heterocycles. The number of piperidine rings is 1. The Morgan fingerprint density at radius 1 is 1.22 bits per heavy atom. The van der Waals surface area contributed by atoms with Crippen molar-refractivity contribution in [2.24, 2.45) is 5.73 Å². The minimum atomic E-state index is -0.422. The lowest BCUT2D eigenvalue weighted by molar-refractivity contribution is -0.124. The maximum atomic E-state index is 12.0. The SMILES string of the molecule is CN(CC(N)=O)CC(=O)NC1CCN(Cc2ccccc2)CC1. The number of amides is 2. The lowest BCUT2D eigenvalue weighted by Gasteiger charge is -2.32. The van der Waals surface area contributed by atoms with Crippen molar-refractivity contribution in [2.45, 2.75) is 25.4 Å². The van der Waals surface area contributed by atoms with Crippen LogP contribution in [0.2, 0.25) is 0 Å². The van der Waals surface area contributed by atoms with E-state index in [2.05, 4.69) is 34.5 Å². The molecule has 0 spiro atoms. The molecule has 6 heteroatoms. The molecule has 0 saturated carbocycles. The van der Waals surface area contributed by atoms with Crippen LogP contribution in [0.15, 0.2) is 30.3 Å². The first-order valence-corrected chi connectivity index (χ1v) is 8.05. The normalized spacial score (nSPS) is 16.4. The van der Waals surface area contributed by atoms with Gasteiger partial charge in [-0.3, -0.25) is 19.4 Å². The Labute approximate surface area is 137 Å². The summed E-state index contributed by atoms with van der Waals surface area (Å²) < 4.78 is 0. The van der Waals surface area contributed by atoms with Crippen molar-refractivity contribution in [3.8, 4) is 0 Å². The van der Waals surface area contributed by atoms with E-state index in [1.807, 2.05) is 6.07 Å².